The molecule has 0 aromatic heterocycles. The number of hydrogen-bond donors (Lipinski definition) is 1. The van der Waals surface area contributed by atoms with Crippen LogP contribution < -0.4 is 10.2 Å². The van der Waals surface area contributed by atoms with Crippen molar-refractivity contribution >= 4 is 29.4 Å². The zero-order valence-corrected chi connectivity index (χ0v) is 13.0. The van der Waals surface area contributed by atoms with Crippen LogP contribution in [0.25, 0.3) is 0 Å². The lowest BCUT2D eigenvalue weighted by Gasteiger charge is -2.15. The van der Waals surface area contributed by atoms with Gasteiger partial charge in [-0.1, -0.05) is 0 Å². The molecule has 1 aliphatic rings. The minimum Gasteiger partial charge on any atom is -0.449 e. The molecule has 0 spiro atoms. The van der Waals surface area contributed by atoms with Crippen molar-refractivity contribution in [3.05, 3.63) is 29.8 Å². The van der Waals surface area contributed by atoms with Gasteiger partial charge in [0.2, 0.25) is 11.8 Å². The van der Waals surface area contributed by atoms with Crippen LogP contribution in [0.5, 0.6) is 0 Å². The molecule has 7 heteroatoms. The van der Waals surface area contributed by atoms with Crippen molar-refractivity contribution in [3.8, 4) is 0 Å². The average Bonchev–Trinajstić information content (AvgIpc) is 2.86. The Morgan fingerprint density at radius 2 is 1.74 bits per heavy atom. The Hall–Kier alpha value is -2.70. The van der Waals surface area contributed by atoms with Crippen molar-refractivity contribution < 1.29 is 23.9 Å². The van der Waals surface area contributed by atoms with Crippen LogP contribution in [0.1, 0.15) is 37.0 Å². The lowest BCUT2D eigenvalue weighted by Crippen LogP contribution is -2.35. The maximum atomic E-state index is 12.0. The van der Waals surface area contributed by atoms with Crippen LogP contribution in [-0.2, 0) is 19.1 Å². The molecule has 23 heavy (non-hydrogen) atoms. The first kappa shape index (κ1) is 16.7. The van der Waals surface area contributed by atoms with Gasteiger partial charge in [-0.2, -0.15) is 0 Å². The van der Waals surface area contributed by atoms with E-state index in [0.29, 0.717) is 12.2 Å². The first-order valence-corrected chi connectivity index (χ1v) is 7.38. The van der Waals surface area contributed by atoms with Crippen molar-refractivity contribution in [2.45, 2.75) is 32.8 Å². The number of carbonyl (C=O) groups is 4. The number of rotatable bonds is 5. The van der Waals surface area contributed by atoms with Crippen molar-refractivity contribution in [2.75, 3.05) is 11.4 Å². The predicted molar refractivity (Wildman–Crippen MR) is 81.7 cm³/mol. The summed E-state index contributed by atoms with van der Waals surface area (Å²) in [6.45, 7) is 3.71. The van der Waals surface area contributed by atoms with Gasteiger partial charge in [0.15, 0.2) is 6.10 Å². The number of benzene rings is 1. The number of amides is 3. The normalized spacial score (nSPS) is 15.5. The van der Waals surface area contributed by atoms with Crippen molar-refractivity contribution in [1.82, 2.24) is 5.32 Å². The van der Waals surface area contributed by atoms with Crippen LogP contribution >= 0.6 is 0 Å². The predicted octanol–water partition coefficient (Wildman–Crippen LogP) is 1.02. The van der Waals surface area contributed by atoms with Gasteiger partial charge in [-0.25, -0.2) is 4.79 Å². The van der Waals surface area contributed by atoms with E-state index in [-0.39, 0.29) is 36.1 Å². The molecule has 1 aliphatic heterocycles. The molecule has 1 fully saturated rings. The summed E-state index contributed by atoms with van der Waals surface area (Å²) in [7, 11) is 0. The lowest BCUT2D eigenvalue weighted by atomic mass is 10.2. The summed E-state index contributed by atoms with van der Waals surface area (Å²) in [5.41, 5.74) is 0.662. The third kappa shape index (κ3) is 3.74. The van der Waals surface area contributed by atoms with E-state index in [9.17, 15) is 19.2 Å². The number of ether oxygens (including phenoxy) is 1. The smallest absolute Gasteiger partial charge is 0.338 e. The number of anilines is 1. The standard InChI is InChI=1S/C16H18N2O5/c1-3-17-15(21)10(2)23-16(22)11-4-6-12(7-5-11)18-13(19)8-9-14(18)20/h4-7,10H,3,8-9H2,1-2H3,(H,17,21)/t10-/m1/s1. The SMILES string of the molecule is CCNC(=O)[C@@H](C)OC(=O)c1ccc(N2C(=O)CCC2=O)cc1. The zero-order valence-electron chi connectivity index (χ0n) is 13.0. The highest BCUT2D eigenvalue weighted by molar-refractivity contribution is 6.19. The molecule has 1 aromatic carbocycles. The summed E-state index contributed by atoms with van der Waals surface area (Å²) < 4.78 is 5.06. The summed E-state index contributed by atoms with van der Waals surface area (Å²) in [6, 6.07) is 5.94. The van der Waals surface area contributed by atoms with Gasteiger partial charge in [0, 0.05) is 19.4 Å². The van der Waals surface area contributed by atoms with E-state index in [1.165, 1.54) is 31.2 Å². The van der Waals surface area contributed by atoms with Gasteiger partial charge in [0.1, 0.15) is 0 Å². The van der Waals surface area contributed by atoms with Crippen LogP contribution in [-0.4, -0.2) is 36.3 Å². The summed E-state index contributed by atoms with van der Waals surface area (Å²) in [5.74, 6) is -1.52. The number of imide groups is 1. The quantitative estimate of drug-likeness (QED) is 0.646. The molecule has 1 N–H and O–H groups in total. The largest absolute Gasteiger partial charge is 0.449 e. The fourth-order valence-corrected chi connectivity index (χ4v) is 2.21. The van der Waals surface area contributed by atoms with Crippen molar-refractivity contribution in [3.63, 3.8) is 0 Å². The average molecular weight is 318 g/mol. The molecule has 1 saturated heterocycles. The van der Waals surface area contributed by atoms with Crippen molar-refractivity contribution in [1.29, 1.82) is 0 Å². The second kappa shape index (κ2) is 7.04. The molecule has 0 aliphatic carbocycles. The Labute approximate surface area is 133 Å². The molecule has 1 aromatic rings. The second-order valence-electron chi connectivity index (χ2n) is 5.11. The molecule has 0 unspecified atom stereocenters. The fourth-order valence-electron chi connectivity index (χ4n) is 2.21. The fraction of sp³-hybridized carbons (Fsp3) is 0.375. The molecule has 0 saturated carbocycles. The van der Waals surface area contributed by atoms with E-state index in [4.69, 9.17) is 4.74 Å². The molecule has 0 radical (unpaired) electrons. The number of esters is 1. The maximum absolute atomic E-state index is 12.0. The summed E-state index contributed by atoms with van der Waals surface area (Å²) in [5, 5.41) is 2.56. The van der Waals surface area contributed by atoms with Crippen LogP contribution in [0, 0.1) is 0 Å². The van der Waals surface area contributed by atoms with Crippen LogP contribution in [0.4, 0.5) is 5.69 Å². The molecule has 0 bridgehead atoms. The Morgan fingerprint density at radius 1 is 1.17 bits per heavy atom. The van der Waals surface area contributed by atoms with Gasteiger partial charge >= 0.3 is 5.97 Å². The Balaban J connectivity index is 2.04. The van der Waals surface area contributed by atoms with E-state index in [0.717, 1.165) is 4.90 Å². The third-order valence-electron chi connectivity index (χ3n) is 3.42. The third-order valence-corrected chi connectivity index (χ3v) is 3.42. The molecule has 122 valence electrons. The van der Waals surface area contributed by atoms with Crippen LogP contribution in [0.3, 0.4) is 0 Å². The Bertz CT molecular complexity index is 622. The number of nitrogens with zero attached hydrogens (tertiary/aromatic N) is 1. The van der Waals surface area contributed by atoms with Crippen molar-refractivity contribution in [2.24, 2.45) is 0 Å². The zero-order chi connectivity index (χ0) is 17.0. The molecular weight excluding hydrogens is 300 g/mol. The topological polar surface area (TPSA) is 92.8 Å². The molecular formula is C16H18N2O5. The number of likely N-dealkylation sites (N-methyl/N-ethyl adjacent to an activating group) is 1. The highest BCUT2D eigenvalue weighted by atomic mass is 16.5. The first-order chi connectivity index (χ1) is 10.9. The van der Waals surface area contributed by atoms with Gasteiger partial charge in [-0.05, 0) is 38.1 Å². The molecule has 7 nitrogen and oxygen atoms in total. The van der Waals surface area contributed by atoms with E-state index < -0.39 is 12.1 Å². The number of nitrogens with one attached hydrogen (secondary N) is 1. The van der Waals surface area contributed by atoms with E-state index >= 15 is 0 Å². The van der Waals surface area contributed by atoms with Crippen LogP contribution in [0.2, 0.25) is 0 Å². The first-order valence-electron chi connectivity index (χ1n) is 7.38. The van der Waals surface area contributed by atoms with Gasteiger partial charge in [-0.3, -0.25) is 19.3 Å². The number of carbonyl (C=O) groups excluding carboxylic acids is 4. The highest BCUT2D eigenvalue weighted by Crippen LogP contribution is 2.23. The molecule has 3 amide bonds. The van der Waals surface area contributed by atoms with Gasteiger partial charge in [0.25, 0.3) is 5.91 Å². The number of hydrogen-bond acceptors (Lipinski definition) is 5. The molecule has 2 rings (SSSR count). The Kier molecular flexibility index (Phi) is 5.10. The van der Waals surface area contributed by atoms with Crippen LogP contribution in [0.15, 0.2) is 24.3 Å². The van der Waals surface area contributed by atoms with Gasteiger partial charge in [-0.15, -0.1) is 0 Å². The maximum Gasteiger partial charge on any atom is 0.338 e. The molecule has 1 atom stereocenters. The van der Waals surface area contributed by atoms with E-state index in [2.05, 4.69) is 5.32 Å². The summed E-state index contributed by atoms with van der Waals surface area (Å²) in [6.07, 6.45) is -0.497. The summed E-state index contributed by atoms with van der Waals surface area (Å²) >= 11 is 0. The second-order valence-corrected chi connectivity index (χ2v) is 5.11. The minimum atomic E-state index is -0.899. The molecule has 1 heterocycles. The summed E-state index contributed by atoms with van der Waals surface area (Å²) in [4.78, 5) is 47.9. The highest BCUT2D eigenvalue weighted by Gasteiger charge is 2.30. The lowest BCUT2D eigenvalue weighted by molar-refractivity contribution is -0.129. The van der Waals surface area contributed by atoms with Gasteiger partial charge < -0.3 is 10.1 Å². The monoisotopic (exact) mass is 318 g/mol. The van der Waals surface area contributed by atoms with E-state index in [1.807, 2.05) is 0 Å². The van der Waals surface area contributed by atoms with Gasteiger partial charge in [0.05, 0.1) is 11.3 Å². The Morgan fingerprint density at radius 3 is 2.26 bits per heavy atom. The minimum absolute atomic E-state index is 0.201. The van der Waals surface area contributed by atoms with E-state index in [1.54, 1.807) is 6.92 Å².